The molecule has 2 aromatic rings. The number of aromatic nitrogens is 2. The SMILES string of the molecule is O=C(O)c1ccc(-n2cnc(C(F)(F)F)c2)s1. The minimum absolute atomic E-state index is 0.0576. The van der Waals surface area contributed by atoms with E-state index in [1.54, 1.807) is 0 Å². The summed E-state index contributed by atoms with van der Waals surface area (Å²) in [5, 5.41) is 9.05. The Hall–Kier alpha value is -1.83. The fraction of sp³-hybridized carbons (Fsp3) is 0.111. The molecule has 0 aliphatic heterocycles. The summed E-state index contributed by atoms with van der Waals surface area (Å²) in [4.78, 5) is 13.9. The highest BCUT2D eigenvalue weighted by molar-refractivity contribution is 7.16. The van der Waals surface area contributed by atoms with Gasteiger partial charge in [0.2, 0.25) is 0 Å². The van der Waals surface area contributed by atoms with Crippen LogP contribution >= 0.6 is 11.3 Å². The number of hydrogen-bond donors (Lipinski definition) is 1. The monoisotopic (exact) mass is 262 g/mol. The first kappa shape index (κ1) is 11.6. The number of imidazole rings is 1. The lowest BCUT2D eigenvalue weighted by atomic mass is 10.4. The van der Waals surface area contributed by atoms with E-state index >= 15 is 0 Å². The first-order chi connectivity index (χ1) is 7.88. The highest BCUT2D eigenvalue weighted by atomic mass is 32.1. The lowest BCUT2D eigenvalue weighted by Crippen LogP contribution is -2.04. The first-order valence-electron chi connectivity index (χ1n) is 4.32. The van der Waals surface area contributed by atoms with Gasteiger partial charge in [0, 0.05) is 6.20 Å². The van der Waals surface area contributed by atoms with E-state index in [1.165, 1.54) is 12.1 Å². The van der Waals surface area contributed by atoms with Crippen LogP contribution in [-0.4, -0.2) is 20.6 Å². The number of hydrogen-bond acceptors (Lipinski definition) is 3. The number of carboxylic acid groups (broad SMARTS) is 1. The van der Waals surface area contributed by atoms with E-state index in [0.29, 0.717) is 5.00 Å². The summed E-state index contributed by atoms with van der Waals surface area (Å²) in [7, 11) is 0. The third-order valence-electron chi connectivity index (χ3n) is 1.93. The number of thiophene rings is 1. The maximum atomic E-state index is 12.3. The van der Waals surface area contributed by atoms with Gasteiger partial charge < -0.3 is 5.11 Å². The Morgan fingerprint density at radius 2 is 2.12 bits per heavy atom. The lowest BCUT2D eigenvalue weighted by Gasteiger charge is -1.99. The molecule has 0 atom stereocenters. The molecule has 4 nitrogen and oxygen atoms in total. The minimum Gasteiger partial charge on any atom is -0.477 e. The quantitative estimate of drug-likeness (QED) is 0.905. The van der Waals surface area contributed by atoms with E-state index in [2.05, 4.69) is 4.98 Å². The standard InChI is InChI=1S/C9H5F3N2O2S/c10-9(11,12)6-3-14(4-13-6)7-2-1-5(17-7)8(15)16/h1-4H,(H,15,16). The van der Waals surface area contributed by atoms with E-state index in [-0.39, 0.29) is 4.88 Å². The molecular weight excluding hydrogens is 257 g/mol. The van der Waals surface area contributed by atoms with Gasteiger partial charge in [-0.3, -0.25) is 4.57 Å². The molecule has 17 heavy (non-hydrogen) atoms. The van der Waals surface area contributed by atoms with Crippen LogP contribution in [0.3, 0.4) is 0 Å². The average Bonchev–Trinajstić information content (AvgIpc) is 2.85. The molecule has 0 aliphatic carbocycles. The molecule has 0 fully saturated rings. The lowest BCUT2D eigenvalue weighted by molar-refractivity contribution is -0.140. The Balaban J connectivity index is 2.34. The molecule has 2 heterocycles. The molecule has 0 unspecified atom stereocenters. The van der Waals surface area contributed by atoms with Gasteiger partial charge in [0.15, 0.2) is 5.69 Å². The van der Waals surface area contributed by atoms with Crippen LogP contribution in [0.1, 0.15) is 15.4 Å². The third kappa shape index (κ3) is 2.31. The van der Waals surface area contributed by atoms with Crippen molar-refractivity contribution in [2.75, 3.05) is 0 Å². The zero-order valence-corrected chi connectivity index (χ0v) is 8.92. The summed E-state index contributed by atoms with van der Waals surface area (Å²) >= 11 is 0.874. The van der Waals surface area contributed by atoms with Crippen LogP contribution in [0.25, 0.3) is 5.00 Å². The fourth-order valence-electron chi connectivity index (χ4n) is 1.17. The molecule has 2 aromatic heterocycles. The number of carbonyl (C=O) groups is 1. The predicted molar refractivity (Wildman–Crippen MR) is 53.4 cm³/mol. The molecule has 8 heteroatoms. The van der Waals surface area contributed by atoms with E-state index in [0.717, 1.165) is 28.4 Å². The Bertz CT molecular complexity index is 559. The predicted octanol–water partition coefficient (Wildman–Crippen LogP) is 2.65. The molecule has 0 spiro atoms. The van der Waals surface area contributed by atoms with Crippen LogP contribution in [0.5, 0.6) is 0 Å². The van der Waals surface area contributed by atoms with Gasteiger partial charge in [0.05, 0.1) is 0 Å². The Labute approximate surface area is 96.9 Å². The molecule has 0 aromatic carbocycles. The van der Waals surface area contributed by atoms with Crippen LogP contribution in [0.2, 0.25) is 0 Å². The van der Waals surface area contributed by atoms with Crippen LogP contribution in [0.4, 0.5) is 13.2 Å². The Morgan fingerprint density at radius 3 is 2.59 bits per heavy atom. The van der Waals surface area contributed by atoms with Gasteiger partial charge in [-0.15, -0.1) is 11.3 Å². The molecule has 0 radical (unpaired) electrons. The average molecular weight is 262 g/mol. The van der Waals surface area contributed by atoms with Gasteiger partial charge in [-0.25, -0.2) is 9.78 Å². The van der Waals surface area contributed by atoms with Crippen LogP contribution in [0.15, 0.2) is 24.7 Å². The van der Waals surface area contributed by atoms with Crippen LogP contribution < -0.4 is 0 Å². The number of carboxylic acids is 1. The molecule has 90 valence electrons. The summed E-state index contributed by atoms with van der Waals surface area (Å²) in [5.74, 6) is -1.11. The van der Waals surface area contributed by atoms with Crippen molar-refractivity contribution in [1.82, 2.24) is 9.55 Å². The largest absolute Gasteiger partial charge is 0.477 e. The van der Waals surface area contributed by atoms with Crippen molar-refractivity contribution in [3.05, 3.63) is 35.2 Å². The summed E-state index contributed by atoms with van der Waals surface area (Å²) in [6, 6.07) is 2.76. The molecule has 0 bridgehead atoms. The second-order valence-electron chi connectivity index (χ2n) is 3.11. The molecular formula is C9H5F3N2O2S. The Morgan fingerprint density at radius 1 is 1.41 bits per heavy atom. The number of aromatic carboxylic acids is 1. The molecule has 0 saturated carbocycles. The molecule has 1 N–H and O–H groups in total. The fourth-order valence-corrected chi connectivity index (χ4v) is 1.96. The van der Waals surface area contributed by atoms with Crippen LogP contribution in [-0.2, 0) is 6.18 Å². The maximum absolute atomic E-state index is 12.3. The van der Waals surface area contributed by atoms with Crippen molar-refractivity contribution in [1.29, 1.82) is 0 Å². The topological polar surface area (TPSA) is 55.1 Å². The van der Waals surface area contributed by atoms with Crippen molar-refractivity contribution in [3.63, 3.8) is 0 Å². The molecule has 0 aliphatic rings. The highest BCUT2D eigenvalue weighted by Gasteiger charge is 2.33. The maximum Gasteiger partial charge on any atom is 0.434 e. The first-order valence-corrected chi connectivity index (χ1v) is 5.14. The normalized spacial score (nSPS) is 11.7. The minimum atomic E-state index is -4.50. The molecule has 0 saturated heterocycles. The number of rotatable bonds is 2. The van der Waals surface area contributed by atoms with E-state index in [1.807, 2.05) is 0 Å². The molecule has 2 rings (SSSR count). The zero-order valence-electron chi connectivity index (χ0n) is 8.10. The van der Waals surface area contributed by atoms with Crippen molar-refractivity contribution < 1.29 is 23.1 Å². The van der Waals surface area contributed by atoms with Gasteiger partial charge >= 0.3 is 12.1 Å². The smallest absolute Gasteiger partial charge is 0.434 e. The van der Waals surface area contributed by atoms with Crippen molar-refractivity contribution in [3.8, 4) is 5.00 Å². The zero-order chi connectivity index (χ0) is 12.6. The van der Waals surface area contributed by atoms with Gasteiger partial charge in [-0.05, 0) is 12.1 Å². The van der Waals surface area contributed by atoms with E-state index in [9.17, 15) is 18.0 Å². The summed E-state index contributed by atoms with van der Waals surface area (Å²) in [6.07, 6.45) is -2.68. The van der Waals surface area contributed by atoms with Crippen molar-refractivity contribution >= 4 is 17.3 Å². The number of halogens is 3. The van der Waals surface area contributed by atoms with Crippen LogP contribution in [0, 0.1) is 0 Å². The van der Waals surface area contributed by atoms with Crippen molar-refractivity contribution in [2.24, 2.45) is 0 Å². The highest BCUT2D eigenvalue weighted by Crippen LogP contribution is 2.29. The van der Waals surface area contributed by atoms with Gasteiger partial charge in [0.1, 0.15) is 16.2 Å². The molecule has 0 amide bonds. The summed E-state index contributed by atoms with van der Waals surface area (Å²) in [6.45, 7) is 0. The number of nitrogens with zero attached hydrogens (tertiary/aromatic N) is 2. The van der Waals surface area contributed by atoms with E-state index in [4.69, 9.17) is 5.11 Å². The van der Waals surface area contributed by atoms with Crippen molar-refractivity contribution in [2.45, 2.75) is 6.18 Å². The summed E-state index contributed by atoms with van der Waals surface area (Å²) < 4.78 is 38.0. The second-order valence-corrected chi connectivity index (χ2v) is 4.17. The Kier molecular flexibility index (Phi) is 2.66. The second kappa shape index (κ2) is 3.88. The van der Waals surface area contributed by atoms with E-state index < -0.39 is 17.8 Å². The summed E-state index contributed by atoms with van der Waals surface area (Å²) in [5.41, 5.74) is -1.01. The van der Waals surface area contributed by atoms with Gasteiger partial charge in [-0.2, -0.15) is 13.2 Å². The van der Waals surface area contributed by atoms with Gasteiger partial charge in [0.25, 0.3) is 0 Å². The third-order valence-corrected chi connectivity index (χ3v) is 3.02. The van der Waals surface area contributed by atoms with Gasteiger partial charge in [-0.1, -0.05) is 0 Å². The number of alkyl halides is 3.